The first kappa shape index (κ1) is 18.5. The summed E-state index contributed by atoms with van der Waals surface area (Å²) < 4.78 is 27.9. The van der Waals surface area contributed by atoms with Crippen molar-refractivity contribution in [2.24, 2.45) is 5.73 Å². The molecule has 1 aliphatic heterocycles. The fraction of sp³-hybridized carbons (Fsp3) is 0.211. The van der Waals surface area contributed by atoms with Crippen molar-refractivity contribution in [3.8, 4) is 0 Å². The van der Waals surface area contributed by atoms with Crippen LogP contribution in [-0.2, 0) is 16.4 Å². The van der Waals surface area contributed by atoms with Crippen LogP contribution >= 0.6 is 11.6 Å². The van der Waals surface area contributed by atoms with Crippen molar-refractivity contribution >= 4 is 33.2 Å². The molecule has 5 nitrogen and oxygen atoms in total. The third kappa shape index (κ3) is 3.34. The van der Waals surface area contributed by atoms with Gasteiger partial charge in [-0.15, -0.1) is 0 Å². The largest absolute Gasteiger partial charge is 0.366 e. The van der Waals surface area contributed by atoms with Gasteiger partial charge in [0.1, 0.15) is 0 Å². The molecule has 26 heavy (non-hydrogen) atoms. The lowest BCUT2D eigenvalue weighted by molar-refractivity contribution is 0.1000. The van der Waals surface area contributed by atoms with E-state index in [0.29, 0.717) is 22.7 Å². The second-order valence-corrected chi connectivity index (χ2v) is 8.32. The molecule has 0 saturated carbocycles. The number of anilines is 1. The molecule has 2 aromatic rings. The summed E-state index contributed by atoms with van der Waals surface area (Å²) in [5, 5.41) is 0.472. The maximum absolute atomic E-state index is 13.3. The Bertz CT molecular complexity index is 969. The number of carbonyl (C=O) groups excluding carboxylic acids is 1. The zero-order valence-electron chi connectivity index (χ0n) is 14.2. The van der Waals surface area contributed by atoms with Crippen molar-refractivity contribution in [2.45, 2.75) is 30.7 Å². The Labute approximate surface area is 158 Å². The molecule has 136 valence electrons. The summed E-state index contributed by atoms with van der Waals surface area (Å²) >= 11 is 5.88. The minimum atomic E-state index is -3.77. The highest BCUT2D eigenvalue weighted by Crippen LogP contribution is 2.38. The molecular formula is C19H19ClN2O3S. The maximum Gasteiger partial charge on any atom is 0.264 e. The number of carbonyl (C=O) groups is 1. The monoisotopic (exact) mass is 390 g/mol. The number of halogens is 1. The van der Waals surface area contributed by atoms with Gasteiger partial charge >= 0.3 is 0 Å². The number of allylic oxidation sites excluding steroid dienone is 1. The van der Waals surface area contributed by atoms with E-state index < -0.39 is 15.9 Å². The predicted molar refractivity (Wildman–Crippen MR) is 103 cm³/mol. The fourth-order valence-electron chi connectivity index (χ4n) is 3.07. The fourth-order valence-corrected chi connectivity index (χ4v) is 4.84. The standard InChI is InChI=1S/C19H19ClN2O3S/c1-2-3-4-16-12-14-11-13(19(21)23)5-10-18(14)22(16)26(24,25)17-8-6-15(20)7-9-17/h3-11,16H,2,12H2,1H3,(H2,21,23)/b4-3+. The predicted octanol–water partition coefficient (Wildman–Crippen LogP) is 3.53. The summed E-state index contributed by atoms with van der Waals surface area (Å²) in [6, 6.07) is 10.6. The first-order valence-corrected chi connectivity index (χ1v) is 10.1. The average molecular weight is 391 g/mol. The Morgan fingerprint density at radius 1 is 1.27 bits per heavy atom. The number of nitrogens with zero attached hydrogens (tertiary/aromatic N) is 1. The van der Waals surface area contributed by atoms with Gasteiger partial charge in [-0.3, -0.25) is 9.10 Å². The van der Waals surface area contributed by atoms with Crippen molar-refractivity contribution in [2.75, 3.05) is 4.31 Å². The Morgan fingerprint density at radius 2 is 1.96 bits per heavy atom. The third-order valence-electron chi connectivity index (χ3n) is 4.30. The van der Waals surface area contributed by atoms with Crippen LogP contribution in [0.1, 0.15) is 29.3 Å². The van der Waals surface area contributed by atoms with Crippen molar-refractivity contribution in [3.05, 3.63) is 70.8 Å². The number of sulfonamides is 1. The van der Waals surface area contributed by atoms with Crippen molar-refractivity contribution < 1.29 is 13.2 Å². The smallest absolute Gasteiger partial charge is 0.264 e. The molecule has 1 amide bonds. The first-order valence-electron chi connectivity index (χ1n) is 8.24. The van der Waals surface area contributed by atoms with Crippen molar-refractivity contribution in [1.82, 2.24) is 0 Å². The highest BCUT2D eigenvalue weighted by atomic mass is 35.5. The van der Waals surface area contributed by atoms with Gasteiger partial charge < -0.3 is 5.73 Å². The topological polar surface area (TPSA) is 80.5 Å². The van der Waals surface area contributed by atoms with Gasteiger partial charge in [-0.05, 0) is 60.9 Å². The van der Waals surface area contributed by atoms with Crippen LogP contribution in [0.4, 0.5) is 5.69 Å². The van der Waals surface area contributed by atoms with E-state index in [9.17, 15) is 13.2 Å². The van der Waals surface area contributed by atoms with Crippen LogP contribution in [0.3, 0.4) is 0 Å². The summed E-state index contributed by atoms with van der Waals surface area (Å²) in [5.74, 6) is -0.535. The number of primary amides is 1. The van der Waals surface area contributed by atoms with Crippen molar-refractivity contribution in [3.63, 3.8) is 0 Å². The van der Waals surface area contributed by atoms with E-state index in [0.717, 1.165) is 12.0 Å². The number of hydrogen-bond donors (Lipinski definition) is 1. The second-order valence-electron chi connectivity index (χ2n) is 6.07. The summed E-state index contributed by atoms with van der Waals surface area (Å²) in [5.41, 5.74) is 7.07. The summed E-state index contributed by atoms with van der Waals surface area (Å²) in [6.07, 6.45) is 5.11. The lowest BCUT2D eigenvalue weighted by Gasteiger charge is -2.25. The minimum absolute atomic E-state index is 0.170. The molecule has 1 aliphatic rings. The van der Waals surface area contributed by atoms with E-state index in [4.69, 9.17) is 17.3 Å². The number of nitrogens with two attached hydrogens (primary N) is 1. The molecule has 2 N–H and O–H groups in total. The third-order valence-corrected chi connectivity index (χ3v) is 6.40. The number of rotatable bonds is 5. The molecule has 3 rings (SSSR count). The second kappa shape index (κ2) is 7.13. The lowest BCUT2D eigenvalue weighted by Crippen LogP contribution is -2.36. The molecule has 0 saturated heterocycles. The van der Waals surface area contributed by atoms with E-state index >= 15 is 0 Å². The van der Waals surface area contributed by atoms with Gasteiger partial charge in [0.15, 0.2) is 0 Å². The van der Waals surface area contributed by atoms with Gasteiger partial charge in [0.2, 0.25) is 5.91 Å². The molecule has 0 fully saturated rings. The highest BCUT2D eigenvalue weighted by Gasteiger charge is 2.37. The first-order chi connectivity index (χ1) is 12.3. The zero-order valence-corrected chi connectivity index (χ0v) is 15.8. The number of hydrogen-bond acceptors (Lipinski definition) is 3. The molecule has 0 spiro atoms. The lowest BCUT2D eigenvalue weighted by atomic mass is 10.1. The van der Waals surface area contributed by atoms with E-state index in [2.05, 4.69) is 0 Å². The van der Waals surface area contributed by atoms with E-state index in [-0.39, 0.29) is 10.9 Å². The molecule has 0 bridgehead atoms. The van der Waals surface area contributed by atoms with Gasteiger partial charge in [-0.1, -0.05) is 30.7 Å². The van der Waals surface area contributed by atoms with E-state index in [1.807, 2.05) is 19.1 Å². The van der Waals surface area contributed by atoms with Crippen LogP contribution < -0.4 is 10.0 Å². The van der Waals surface area contributed by atoms with Gasteiger partial charge in [0, 0.05) is 10.6 Å². The molecule has 2 aromatic carbocycles. The SMILES string of the molecule is CC/C=C/C1Cc2cc(C(N)=O)ccc2N1S(=O)(=O)c1ccc(Cl)cc1. The molecule has 1 unspecified atom stereocenters. The zero-order chi connectivity index (χ0) is 18.9. The van der Waals surface area contributed by atoms with Gasteiger partial charge in [0.05, 0.1) is 16.6 Å². The van der Waals surface area contributed by atoms with E-state index in [1.165, 1.54) is 16.4 Å². The average Bonchev–Trinajstić information content (AvgIpc) is 2.98. The summed E-state index contributed by atoms with van der Waals surface area (Å²) in [7, 11) is -3.77. The molecule has 0 radical (unpaired) electrons. The molecule has 7 heteroatoms. The molecular weight excluding hydrogens is 372 g/mol. The van der Waals surface area contributed by atoms with Crippen LogP contribution in [0.15, 0.2) is 59.5 Å². The Kier molecular flexibility index (Phi) is 5.07. The van der Waals surface area contributed by atoms with Crippen LogP contribution in [-0.4, -0.2) is 20.4 Å². The quantitative estimate of drug-likeness (QED) is 0.793. The Balaban J connectivity index is 2.11. The molecule has 1 heterocycles. The van der Waals surface area contributed by atoms with Crippen LogP contribution in [0.2, 0.25) is 5.02 Å². The molecule has 1 atom stereocenters. The number of fused-ring (bicyclic) bond motifs is 1. The normalized spacial score (nSPS) is 16.8. The van der Waals surface area contributed by atoms with E-state index in [1.54, 1.807) is 30.3 Å². The Hall–Kier alpha value is -2.31. The minimum Gasteiger partial charge on any atom is -0.366 e. The molecule has 0 aromatic heterocycles. The van der Waals surface area contributed by atoms with Crippen molar-refractivity contribution in [1.29, 1.82) is 0 Å². The maximum atomic E-state index is 13.3. The van der Waals surface area contributed by atoms with Crippen LogP contribution in [0, 0.1) is 0 Å². The highest BCUT2D eigenvalue weighted by molar-refractivity contribution is 7.92. The Morgan fingerprint density at radius 3 is 2.58 bits per heavy atom. The van der Waals surface area contributed by atoms with Gasteiger partial charge in [0.25, 0.3) is 10.0 Å². The summed E-state index contributed by atoms with van der Waals surface area (Å²) in [4.78, 5) is 11.6. The van der Waals surface area contributed by atoms with Crippen LogP contribution in [0.25, 0.3) is 0 Å². The van der Waals surface area contributed by atoms with Crippen LogP contribution in [0.5, 0.6) is 0 Å². The molecule has 0 aliphatic carbocycles. The number of benzene rings is 2. The van der Waals surface area contributed by atoms with Gasteiger partial charge in [-0.2, -0.15) is 0 Å². The van der Waals surface area contributed by atoms with Gasteiger partial charge in [-0.25, -0.2) is 8.42 Å². The summed E-state index contributed by atoms with van der Waals surface area (Å²) in [6.45, 7) is 1.99. The number of amides is 1.